The van der Waals surface area contributed by atoms with Crippen molar-refractivity contribution in [3.63, 3.8) is 0 Å². The molecule has 5 nitrogen and oxygen atoms in total. The number of nitrogens with one attached hydrogen (secondary N) is 2. The van der Waals surface area contributed by atoms with Gasteiger partial charge in [-0.1, -0.05) is 0 Å². The quantitative estimate of drug-likeness (QED) is 0.822. The number of aromatic nitrogens is 1. The van der Waals surface area contributed by atoms with E-state index in [-0.39, 0.29) is 5.76 Å². The molecule has 1 fully saturated rings. The SMILES string of the molecule is Cn1c(=O)oc2cc(NCC3CNC3)ccc21. The molecule has 0 unspecified atom stereocenters. The van der Waals surface area contributed by atoms with Crippen LogP contribution in [-0.2, 0) is 7.05 Å². The third kappa shape index (κ3) is 1.82. The zero-order valence-electron chi connectivity index (χ0n) is 9.69. The highest BCUT2D eigenvalue weighted by atomic mass is 16.4. The highest BCUT2D eigenvalue weighted by Gasteiger charge is 2.16. The van der Waals surface area contributed by atoms with Crippen LogP contribution in [0.2, 0.25) is 0 Å². The number of nitrogens with zero attached hydrogens (tertiary/aromatic N) is 1. The van der Waals surface area contributed by atoms with Gasteiger partial charge in [-0.25, -0.2) is 4.79 Å². The second-order valence-corrected chi connectivity index (χ2v) is 4.51. The first-order chi connectivity index (χ1) is 8.24. The van der Waals surface area contributed by atoms with E-state index in [2.05, 4.69) is 10.6 Å². The molecule has 0 radical (unpaired) electrons. The number of oxazole rings is 1. The van der Waals surface area contributed by atoms with E-state index >= 15 is 0 Å². The van der Waals surface area contributed by atoms with Gasteiger partial charge in [0.25, 0.3) is 0 Å². The first kappa shape index (κ1) is 10.4. The Bertz CT molecular complexity index is 595. The zero-order valence-corrected chi connectivity index (χ0v) is 9.69. The van der Waals surface area contributed by atoms with Crippen LogP contribution in [0.5, 0.6) is 0 Å². The minimum atomic E-state index is -0.319. The van der Waals surface area contributed by atoms with Crippen molar-refractivity contribution in [2.24, 2.45) is 13.0 Å². The van der Waals surface area contributed by atoms with Gasteiger partial charge in [0.15, 0.2) is 5.58 Å². The van der Waals surface area contributed by atoms with Crippen LogP contribution in [-0.4, -0.2) is 24.2 Å². The van der Waals surface area contributed by atoms with Gasteiger partial charge in [-0.2, -0.15) is 0 Å². The van der Waals surface area contributed by atoms with E-state index in [4.69, 9.17) is 4.42 Å². The Morgan fingerprint density at radius 2 is 2.35 bits per heavy atom. The molecule has 1 aromatic heterocycles. The molecule has 17 heavy (non-hydrogen) atoms. The first-order valence-corrected chi connectivity index (χ1v) is 5.78. The van der Waals surface area contributed by atoms with Crippen LogP contribution in [0.1, 0.15) is 0 Å². The maximum atomic E-state index is 11.3. The topological polar surface area (TPSA) is 59.2 Å². The summed E-state index contributed by atoms with van der Waals surface area (Å²) in [4.78, 5) is 11.3. The van der Waals surface area contributed by atoms with Crippen LogP contribution in [0.3, 0.4) is 0 Å². The van der Waals surface area contributed by atoms with Gasteiger partial charge in [0, 0.05) is 44.4 Å². The van der Waals surface area contributed by atoms with Crippen LogP contribution < -0.4 is 16.4 Å². The number of rotatable bonds is 3. The molecule has 0 saturated carbocycles. The molecule has 0 amide bonds. The summed E-state index contributed by atoms with van der Waals surface area (Å²) in [6.45, 7) is 3.11. The van der Waals surface area contributed by atoms with E-state index in [1.807, 2.05) is 18.2 Å². The fraction of sp³-hybridized carbons (Fsp3) is 0.417. The molecule has 5 heteroatoms. The van der Waals surface area contributed by atoms with Gasteiger partial charge in [-0.3, -0.25) is 4.57 Å². The van der Waals surface area contributed by atoms with Gasteiger partial charge in [-0.05, 0) is 12.1 Å². The Morgan fingerprint density at radius 1 is 1.53 bits per heavy atom. The highest BCUT2D eigenvalue weighted by molar-refractivity contribution is 5.77. The van der Waals surface area contributed by atoms with Crippen LogP contribution >= 0.6 is 0 Å². The third-order valence-electron chi connectivity index (χ3n) is 3.25. The molecule has 1 saturated heterocycles. The molecule has 1 aliphatic rings. The predicted octanol–water partition coefficient (Wildman–Crippen LogP) is 0.763. The summed E-state index contributed by atoms with van der Waals surface area (Å²) < 4.78 is 6.65. The summed E-state index contributed by atoms with van der Waals surface area (Å²) in [6.07, 6.45) is 0. The Balaban J connectivity index is 1.83. The second-order valence-electron chi connectivity index (χ2n) is 4.51. The maximum Gasteiger partial charge on any atom is 0.419 e. The fourth-order valence-electron chi connectivity index (χ4n) is 2.00. The average Bonchev–Trinajstić information content (AvgIpc) is 2.52. The van der Waals surface area contributed by atoms with Gasteiger partial charge >= 0.3 is 5.76 Å². The van der Waals surface area contributed by atoms with Crippen LogP contribution in [0.15, 0.2) is 27.4 Å². The van der Waals surface area contributed by atoms with Crippen molar-refractivity contribution in [1.29, 1.82) is 0 Å². The first-order valence-electron chi connectivity index (χ1n) is 5.78. The van der Waals surface area contributed by atoms with E-state index in [0.29, 0.717) is 11.5 Å². The van der Waals surface area contributed by atoms with Crippen molar-refractivity contribution in [2.45, 2.75) is 0 Å². The van der Waals surface area contributed by atoms with E-state index in [1.165, 1.54) is 4.57 Å². The third-order valence-corrected chi connectivity index (χ3v) is 3.25. The van der Waals surface area contributed by atoms with Crippen molar-refractivity contribution in [3.8, 4) is 0 Å². The zero-order chi connectivity index (χ0) is 11.8. The molecule has 0 bridgehead atoms. The molecular formula is C12H15N3O2. The van der Waals surface area contributed by atoms with Gasteiger partial charge in [0.05, 0.1) is 5.52 Å². The fourth-order valence-corrected chi connectivity index (χ4v) is 2.00. The van der Waals surface area contributed by atoms with Crippen LogP contribution in [0.25, 0.3) is 11.1 Å². The minimum Gasteiger partial charge on any atom is -0.408 e. The molecule has 90 valence electrons. The lowest BCUT2D eigenvalue weighted by molar-refractivity contribution is 0.365. The van der Waals surface area contributed by atoms with Gasteiger partial charge in [0.1, 0.15) is 0 Å². The molecule has 0 aliphatic carbocycles. The number of hydrogen-bond donors (Lipinski definition) is 2. The van der Waals surface area contributed by atoms with Crippen molar-refractivity contribution < 1.29 is 4.42 Å². The summed E-state index contributed by atoms with van der Waals surface area (Å²) >= 11 is 0. The molecule has 2 heterocycles. The van der Waals surface area contributed by atoms with E-state index < -0.39 is 0 Å². The van der Waals surface area contributed by atoms with Crippen molar-refractivity contribution in [2.75, 3.05) is 25.0 Å². The van der Waals surface area contributed by atoms with Crippen molar-refractivity contribution >= 4 is 16.8 Å². The smallest absolute Gasteiger partial charge is 0.408 e. The summed E-state index contributed by atoms with van der Waals surface area (Å²) in [5.74, 6) is 0.383. The molecule has 2 aromatic rings. The number of fused-ring (bicyclic) bond motifs is 1. The van der Waals surface area contributed by atoms with Crippen LogP contribution in [0, 0.1) is 5.92 Å². The second kappa shape index (κ2) is 3.92. The summed E-state index contributed by atoms with van der Waals surface area (Å²) in [7, 11) is 1.71. The van der Waals surface area contributed by atoms with Gasteiger partial charge in [-0.15, -0.1) is 0 Å². The summed E-state index contributed by atoms with van der Waals surface area (Å²) in [6, 6.07) is 5.76. The lowest BCUT2D eigenvalue weighted by Crippen LogP contribution is -2.45. The van der Waals surface area contributed by atoms with Crippen LogP contribution in [0.4, 0.5) is 5.69 Å². The van der Waals surface area contributed by atoms with Crippen molar-refractivity contribution in [1.82, 2.24) is 9.88 Å². The van der Waals surface area contributed by atoms with Gasteiger partial charge < -0.3 is 15.1 Å². The molecular weight excluding hydrogens is 218 g/mol. The average molecular weight is 233 g/mol. The predicted molar refractivity (Wildman–Crippen MR) is 66.3 cm³/mol. The van der Waals surface area contributed by atoms with Gasteiger partial charge in [0.2, 0.25) is 0 Å². The monoisotopic (exact) mass is 233 g/mol. The Kier molecular flexibility index (Phi) is 2.40. The Morgan fingerprint density at radius 3 is 3.06 bits per heavy atom. The molecule has 1 aromatic carbocycles. The molecule has 1 aliphatic heterocycles. The normalized spacial score (nSPS) is 16.1. The summed E-state index contributed by atoms with van der Waals surface area (Å²) in [5.41, 5.74) is 2.46. The van der Waals surface area contributed by atoms with Crippen molar-refractivity contribution in [3.05, 3.63) is 28.7 Å². The number of benzene rings is 1. The summed E-state index contributed by atoms with van der Waals surface area (Å²) in [5, 5.41) is 6.59. The number of aryl methyl sites for hydroxylation is 1. The molecule has 3 rings (SSSR count). The minimum absolute atomic E-state index is 0.319. The number of hydrogen-bond acceptors (Lipinski definition) is 4. The number of anilines is 1. The maximum absolute atomic E-state index is 11.3. The molecule has 0 spiro atoms. The van der Waals surface area contributed by atoms with E-state index in [1.54, 1.807) is 7.05 Å². The van der Waals surface area contributed by atoms with E-state index in [0.717, 1.165) is 30.8 Å². The lowest BCUT2D eigenvalue weighted by atomic mass is 10.0. The molecule has 2 N–H and O–H groups in total. The molecule has 0 atom stereocenters. The Hall–Kier alpha value is -1.75. The Labute approximate surface area is 98.4 Å². The standard InChI is InChI=1S/C12H15N3O2/c1-15-10-3-2-9(4-11(10)17-12(15)16)14-7-8-5-13-6-8/h2-4,8,13-14H,5-7H2,1H3. The van der Waals surface area contributed by atoms with E-state index in [9.17, 15) is 4.79 Å². The largest absolute Gasteiger partial charge is 0.419 e. The lowest BCUT2D eigenvalue weighted by Gasteiger charge is -2.27. The highest BCUT2D eigenvalue weighted by Crippen LogP contribution is 2.18.